The second-order valence-corrected chi connectivity index (χ2v) is 10.9. The highest BCUT2D eigenvalue weighted by molar-refractivity contribution is 6.06. The minimum Gasteiger partial charge on any atom is -0.493 e. The van der Waals surface area contributed by atoms with Crippen LogP contribution in [0.2, 0.25) is 0 Å². The van der Waals surface area contributed by atoms with E-state index in [1.165, 1.54) is 5.57 Å². The van der Waals surface area contributed by atoms with Gasteiger partial charge in [0, 0.05) is 48.3 Å². The van der Waals surface area contributed by atoms with E-state index in [-0.39, 0.29) is 47.6 Å². The second-order valence-electron chi connectivity index (χ2n) is 10.9. The van der Waals surface area contributed by atoms with Crippen LogP contribution in [-0.4, -0.2) is 48.8 Å². The maximum atomic E-state index is 14.6. The van der Waals surface area contributed by atoms with Crippen molar-refractivity contribution in [2.75, 3.05) is 32.0 Å². The number of piperidine rings is 1. The number of fused-ring (bicyclic) bond motifs is 2. The zero-order chi connectivity index (χ0) is 25.7. The highest BCUT2D eigenvalue weighted by Crippen LogP contribution is 2.51. The van der Waals surface area contributed by atoms with Crippen LogP contribution in [0.1, 0.15) is 48.0 Å². The van der Waals surface area contributed by atoms with Crippen LogP contribution in [-0.2, 0) is 4.74 Å². The monoisotopic (exact) mass is 507 g/mol. The summed E-state index contributed by atoms with van der Waals surface area (Å²) >= 11 is 0. The van der Waals surface area contributed by atoms with E-state index < -0.39 is 5.83 Å². The third kappa shape index (κ3) is 4.75. The quantitative estimate of drug-likeness (QED) is 0.408. The fourth-order valence-electron chi connectivity index (χ4n) is 6.03. The van der Waals surface area contributed by atoms with Crippen molar-refractivity contribution in [3.05, 3.63) is 76.1 Å². The molecule has 0 bridgehead atoms. The Morgan fingerprint density at radius 2 is 2.14 bits per heavy atom. The van der Waals surface area contributed by atoms with Gasteiger partial charge in [0.25, 0.3) is 5.91 Å². The average Bonchev–Trinajstić information content (AvgIpc) is 3.51. The first kappa shape index (κ1) is 24.1. The molecule has 5 aliphatic rings. The van der Waals surface area contributed by atoms with Gasteiger partial charge in [0.2, 0.25) is 0 Å². The standard InChI is InChI=1S/C29H32F2N4O2/c30-24-13-19-12-21(19)27(31)23(24)15-35-8-1-2-20(14-35)34-29(36)18-3-5-25(32)22(11-18)28(33)17-4-6-26-16(10-17)7-9-37-26/h3,5-6,10-11,13,17,19-21,33H,1-2,4,7-9,12,14-15,32H2,(H,34,36)/p+1/t17?,19?,20-,21?/m1/s1. The Balaban J connectivity index is 1.11. The first-order valence-electron chi connectivity index (χ1n) is 13.2. The van der Waals surface area contributed by atoms with E-state index in [2.05, 4.69) is 17.5 Å². The smallest absolute Gasteiger partial charge is 0.251 e. The van der Waals surface area contributed by atoms with Crippen molar-refractivity contribution in [2.24, 2.45) is 17.8 Å². The highest BCUT2D eigenvalue weighted by atomic mass is 19.1. The number of rotatable bonds is 6. The zero-order valence-corrected chi connectivity index (χ0v) is 20.8. The van der Waals surface area contributed by atoms with Gasteiger partial charge in [0.1, 0.15) is 17.4 Å². The molecule has 6 nitrogen and oxygen atoms in total. The number of likely N-dealkylation sites (tertiary alicyclic amines) is 1. The molecule has 1 saturated carbocycles. The van der Waals surface area contributed by atoms with Gasteiger partial charge in [-0.25, -0.2) is 8.78 Å². The molecule has 1 aromatic carbocycles. The van der Waals surface area contributed by atoms with Crippen molar-refractivity contribution in [1.82, 2.24) is 10.2 Å². The molecular formula is C29H33F2N4O2+. The number of hydrogen-bond acceptors (Lipinski definition) is 4. The Kier molecular flexibility index (Phi) is 6.23. The lowest BCUT2D eigenvalue weighted by Crippen LogP contribution is -2.48. The van der Waals surface area contributed by atoms with E-state index in [1.807, 2.05) is 4.90 Å². The molecule has 2 saturated heterocycles. The molecule has 4 atom stereocenters. The predicted molar refractivity (Wildman–Crippen MR) is 138 cm³/mol. The van der Waals surface area contributed by atoms with Crippen LogP contribution in [0.25, 0.3) is 0 Å². The molecule has 3 fully saturated rings. The lowest BCUT2D eigenvalue weighted by Gasteiger charge is -2.34. The molecule has 3 unspecified atom stereocenters. The number of amides is 1. The molecule has 0 radical (unpaired) electrons. The summed E-state index contributed by atoms with van der Waals surface area (Å²) in [6.45, 7) is 2.23. The Morgan fingerprint density at radius 3 is 3.00 bits per heavy atom. The van der Waals surface area contributed by atoms with Gasteiger partial charge in [-0.05, 0) is 74.1 Å². The lowest BCUT2D eigenvalue weighted by molar-refractivity contribution is -0.117. The lowest BCUT2D eigenvalue weighted by atomic mass is 9.86. The fourth-order valence-corrected chi connectivity index (χ4v) is 6.03. The number of nitrogens with two attached hydrogens (primary N) is 2. The Morgan fingerprint density at radius 1 is 1.27 bits per heavy atom. The number of nitrogens with one attached hydrogen (secondary N) is 1. The summed E-state index contributed by atoms with van der Waals surface area (Å²) < 4.78 is 34.7. The molecule has 194 valence electrons. The average molecular weight is 508 g/mol. The number of allylic oxidation sites excluding steroid dienone is 5. The van der Waals surface area contributed by atoms with E-state index in [0.29, 0.717) is 42.1 Å². The number of carbonyl (C=O) groups excluding carboxylic acids is 1. The molecule has 3 aliphatic carbocycles. The summed E-state index contributed by atoms with van der Waals surface area (Å²) in [7, 11) is 0. The topological polar surface area (TPSA) is 93.2 Å². The molecule has 8 heteroatoms. The molecule has 37 heavy (non-hydrogen) atoms. The van der Waals surface area contributed by atoms with Crippen molar-refractivity contribution in [2.45, 2.75) is 38.1 Å². The van der Waals surface area contributed by atoms with Crippen LogP contribution < -0.4 is 16.5 Å². The number of ether oxygens (including phenoxy) is 1. The van der Waals surface area contributed by atoms with Crippen LogP contribution in [0.15, 0.2) is 65.0 Å². The largest absolute Gasteiger partial charge is 0.493 e. The summed E-state index contributed by atoms with van der Waals surface area (Å²) in [5.74, 6) is -0.0647. The van der Waals surface area contributed by atoms with Crippen molar-refractivity contribution in [3.8, 4) is 0 Å². The first-order valence-corrected chi connectivity index (χ1v) is 13.2. The molecule has 0 spiro atoms. The van der Waals surface area contributed by atoms with Crippen molar-refractivity contribution >= 4 is 17.3 Å². The zero-order valence-electron chi connectivity index (χ0n) is 20.8. The Bertz CT molecular complexity index is 1280. The molecule has 1 aromatic rings. The number of carbonyl (C=O) groups is 1. The van der Waals surface area contributed by atoms with Crippen LogP contribution in [0.4, 0.5) is 14.5 Å². The third-order valence-corrected chi connectivity index (χ3v) is 8.26. The van der Waals surface area contributed by atoms with Crippen molar-refractivity contribution in [3.63, 3.8) is 0 Å². The third-order valence-electron chi connectivity index (χ3n) is 8.26. The van der Waals surface area contributed by atoms with E-state index >= 15 is 0 Å². The maximum Gasteiger partial charge on any atom is 0.251 e. The molecule has 0 aromatic heterocycles. The summed E-state index contributed by atoms with van der Waals surface area (Å²) in [5, 5.41) is 9.67. The van der Waals surface area contributed by atoms with Gasteiger partial charge in [-0.1, -0.05) is 6.08 Å². The normalized spacial score (nSPS) is 28.9. The minimum absolute atomic E-state index is 0.00261. The summed E-state index contributed by atoms with van der Waals surface area (Å²) in [4.78, 5) is 15.2. The van der Waals surface area contributed by atoms with Gasteiger partial charge < -0.3 is 15.8 Å². The van der Waals surface area contributed by atoms with Gasteiger partial charge in [-0.15, -0.1) is 0 Å². The van der Waals surface area contributed by atoms with Crippen LogP contribution in [0.3, 0.4) is 0 Å². The molecule has 1 amide bonds. The molecular weight excluding hydrogens is 474 g/mol. The molecule has 2 heterocycles. The van der Waals surface area contributed by atoms with E-state index in [1.54, 1.807) is 24.3 Å². The van der Waals surface area contributed by atoms with Crippen LogP contribution >= 0.6 is 0 Å². The van der Waals surface area contributed by atoms with Crippen LogP contribution in [0, 0.1) is 17.8 Å². The van der Waals surface area contributed by atoms with Crippen molar-refractivity contribution < 1.29 is 23.7 Å². The van der Waals surface area contributed by atoms with E-state index in [9.17, 15) is 13.6 Å². The Labute approximate surface area is 215 Å². The van der Waals surface area contributed by atoms with Crippen molar-refractivity contribution in [1.29, 1.82) is 0 Å². The maximum absolute atomic E-state index is 14.6. The number of nitrogen functional groups attached to an aromatic ring is 1. The second kappa shape index (κ2) is 9.56. The molecule has 5 N–H and O–H groups in total. The number of nitrogens with zero attached hydrogens (tertiary/aromatic N) is 1. The first-order chi connectivity index (χ1) is 17.9. The highest BCUT2D eigenvalue weighted by Gasteiger charge is 2.45. The SMILES string of the molecule is Nc1ccc(C(=O)N[C@@H]2CCCN(CC3=C(F)C4CC4C=C3F)C2)cc1C(=[NH2+])C1C=C2CCOC2=CC1. The number of benzene rings is 1. The number of halogens is 2. The Hall–Kier alpha value is -3.26. The summed E-state index contributed by atoms with van der Waals surface area (Å²) in [6, 6.07) is 5.08. The molecule has 2 aliphatic heterocycles. The predicted octanol–water partition coefficient (Wildman–Crippen LogP) is 2.99. The van der Waals surface area contributed by atoms with E-state index in [4.69, 9.17) is 15.9 Å². The minimum atomic E-state index is -0.425. The van der Waals surface area contributed by atoms with Gasteiger partial charge in [-0.2, -0.15) is 0 Å². The number of anilines is 1. The van der Waals surface area contributed by atoms with Gasteiger partial charge in [-0.3, -0.25) is 15.1 Å². The summed E-state index contributed by atoms with van der Waals surface area (Å²) in [6.07, 6.45) is 9.75. The van der Waals surface area contributed by atoms with Gasteiger partial charge in [0.05, 0.1) is 18.1 Å². The number of hydrogen-bond donors (Lipinski definition) is 3. The van der Waals surface area contributed by atoms with E-state index in [0.717, 1.165) is 38.0 Å². The molecule has 6 rings (SSSR count). The fraction of sp³-hybridized carbons (Fsp3) is 0.448. The van der Waals surface area contributed by atoms with Gasteiger partial charge in [0.15, 0.2) is 5.71 Å². The summed E-state index contributed by atoms with van der Waals surface area (Å²) in [5.41, 5.74) is 9.95. The van der Waals surface area contributed by atoms with Crippen LogP contribution in [0.5, 0.6) is 0 Å². The van der Waals surface area contributed by atoms with Gasteiger partial charge >= 0.3 is 0 Å².